The Morgan fingerprint density at radius 3 is 2.81 bits per heavy atom. The molecule has 1 aromatic rings. The Bertz CT molecular complexity index is 487. The van der Waals surface area contributed by atoms with Gasteiger partial charge in [0.25, 0.3) is 0 Å². The fourth-order valence-electron chi connectivity index (χ4n) is 2.65. The molecule has 1 aliphatic heterocycles. The van der Waals surface area contributed by atoms with Gasteiger partial charge in [-0.1, -0.05) is 13.8 Å². The summed E-state index contributed by atoms with van der Waals surface area (Å²) in [6, 6.07) is 1.39. The molecule has 2 unspecified atom stereocenters. The van der Waals surface area contributed by atoms with Gasteiger partial charge in [-0.2, -0.15) is 11.3 Å². The number of aliphatic hydroxyl groups is 1. The van der Waals surface area contributed by atoms with Crippen LogP contribution in [0.1, 0.15) is 38.4 Å². The van der Waals surface area contributed by atoms with Gasteiger partial charge in [-0.25, -0.2) is 0 Å². The fourth-order valence-corrected chi connectivity index (χ4v) is 3.36. The predicted molar refractivity (Wildman–Crippen MR) is 81.9 cm³/mol. The molecule has 5 nitrogen and oxygen atoms in total. The maximum absolute atomic E-state index is 12.4. The molecule has 2 amide bonds. The first kappa shape index (κ1) is 16.0. The summed E-state index contributed by atoms with van der Waals surface area (Å²) in [6.45, 7) is 4.68. The van der Waals surface area contributed by atoms with Gasteiger partial charge in [0.2, 0.25) is 11.8 Å². The standard InChI is InChI=1S/C15H22N2O3S/c1-10(2)14(17-6-3-4-13(17)19)15(20)16-8-12(18)11-5-7-21-9-11/h5,7,9-10,12,14,18H,3-4,6,8H2,1-2H3,(H,16,20). The molecule has 0 spiro atoms. The summed E-state index contributed by atoms with van der Waals surface area (Å²) in [5, 5.41) is 16.5. The Hall–Kier alpha value is -1.40. The number of hydrogen-bond acceptors (Lipinski definition) is 4. The SMILES string of the molecule is CC(C)C(C(=O)NCC(O)c1ccsc1)N1CCCC1=O. The summed E-state index contributed by atoms with van der Waals surface area (Å²) >= 11 is 1.51. The highest BCUT2D eigenvalue weighted by Gasteiger charge is 2.34. The van der Waals surface area contributed by atoms with E-state index in [0.29, 0.717) is 13.0 Å². The lowest BCUT2D eigenvalue weighted by molar-refractivity contribution is -0.139. The molecule has 0 bridgehead atoms. The van der Waals surface area contributed by atoms with Gasteiger partial charge in [0, 0.05) is 19.5 Å². The van der Waals surface area contributed by atoms with Gasteiger partial charge in [-0.15, -0.1) is 0 Å². The van der Waals surface area contributed by atoms with Crippen LogP contribution < -0.4 is 5.32 Å². The van der Waals surface area contributed by atoms with E-state index in [9.17, 15) is 14.7 Å². The highest BCUT2D eigenvalue weighted by atomic mass is 32.1. The number of carbonyl (C=O) groups excluding carboxylic acids is 2. The number of hydrogen-bond donors (Lipinski definition) is 2. The summed E-state index contributed by atoms with van der Waals surface area (Å²) in [7, 11) is 0. The van der Waals surface area contributed by atoms with E-state index >= 15 is 0 Å². The third kappa shape index (κ3) is 3.83. The van der Waals surface area contributed by atoms with Crippen LogP contribution >= 0.6 is 11.3 Å². The Morgan fingerprint density at radius 2 is 2.29 bits per heavy atom. The number of nitrogens with zero attached hydrogens (tertiary/aromatic N) is 1. The summed E-state index contributed by atoms with van der Waals surface area (Å²) < 4.78 is 0. The highest BCUT2D eigenvalue weighted by Crippen LogP contribution is 2.20. The molecule has 0 saturated carbocycles. The topological polar surface area (TPSA) is 69.6 Å². The minimum atomic E-state index is -0.706. The van der Waals surface area contributed by atoms with E-state index in [4.69, 9.17) is 0 Å². The van der Waals surface area contributed by atoms with Crippen molar-refractivity contribution in [2.75, 3.05) is 13.1 Å². The van der Waals surface area contributed by atoms with Gasteiger partial charge >= 0.3 is 0 Å². The second kappa shape index (κ2) is 7.04. The van der Waals surface area contributed by atoms with E-state index in [-0.39, 0.29) is 24.3 Å². The minimum Gasteiger partial charge on any atom is -0.387 e. The first-order valence-electron chi connectivity index (χ1n) is 7.28. The van der Waals surface area contributed by atoms with Crippen LogP contribution in [0.25, 0.3) is 0 Å². The van der Waals surface area contributed by atoms with E-state index in [1.54, 1.807) is 4.90 Å². The molecule has 2 heterocycles. The zero-order valence-electron chi connectivity index (χ0n) is 12.4. The largest absolute Gasteiger partial charge is 0.387 e. The molecular formula is C15H22N2O3S. The molecule has 2 rings (SSSR count). The molecule has 1 saturated heterocycles. The van der Waals surface area contributed by atoms with Gasteiger partial charge in [0.15, 0.2) is 0 Å². The van der Waals surface area contributed by atoms with E-state index in [1.165, 1.54) is 11.3 Å². The summed E-state index contributed by atoms with van der Waals surface area (Å²) in [5.41, 5.74) is 0.804. The smallest absolute Gasteiger partial charge is 0.243 e. The maximum atomic E-state index is 12.4. The Balaban J connectivity index is 1.94. The molecule has 0 aromatic carbocycles. The Kier molecular flexibility index (Phi) is 5.36. The first-order valence-corrected chi connectivity index (χ1v) is 8.22. The molecular weight excluding hydrogens is 288 g/mol. The van der Waals surface area contributed by atoms with Gasteiger partial charge in [-0.05, 0) is 34.7 Å². The van der Waals surface area contributed by atoms with Gasteiger partial charge in [0.05, 0.1) is 6.10 Å². The van der Waals surface area contributed by atoms with Crippen molar-refractivity contribution in [2.24, 2.45) is 5.92 Å². The molecule has 1 aromatic heterocycles. The molecule has 6 heteroatoms. The average Bonchev–Trinajstić information content (AvgIpc) is 3.08. The third-order valence-corrected chi connectivity index (χ3v) is 4.44. The lowest BCUT2D eigenvalue weighted by Crippen LogP contribution is -2.51. The molecule has 2 atom stereocenters. The van der Waals surface area contributed by atoms with Crippen LogP contribution in [0.15, 0.2) is 16.8 Å². The number of thiophene rings is 1. The third-order valence-electron chi connectivity index (χ3n) is 3.74. The van der Waals surface area contributed by atoms with Crippen molar-refractivity contribution in [1.82, 2.24) is 10.2 Å². The van der Waals surface area contributed by atoms with E-state index < -0.39 is 12.1 Å². The molecule has 0 aliphatic carbocycles. The lowest BCUT2D eigenvalue weighted by atomic mass is 10.0. The van der Waals surface area contributed by atoms with Crippen molar-refractivity contribution in [3.05, 3.63) is 22.4 Å². The Morgan fingerprint density at radius 1 is 1.52 bits per heavy atom. The summed E-state index contributed by atoms with van der Waals surface area (Å²) in [4.78, 5) is 25.9. The summed E-state index contributed by atoms with van der Waals surface area (Å²) in [6.07, 6.45) is 0.628. The van der Waals surface area contributed by atoms with E-state index in [0.717, 1.165) is 12.0 Å². The predicted octanol–water partition coefficient (Wildman–Crippen LogP) is 1.54. The zero-order chi connectivity index (χ0) is 15.4. The molecule has 116 valence electrons. The van der Waals surface area contributed by atoms with Crippen LogP contribution in [0.3, 0.4) is 0 Å². The van der Waals surface area contributed by atoms with Crippen molar-refractivity contribution in [3.63, 3.8) is 0 Å². The molecule has 0 radical (unpaired) electrons. The van der Waals surface area contributed by atoms with Crippen LogP contribution in [0.4, 0.5) is 0 Å². The normalized spacial score (nSPS) is 18.1. The number of rotatable bonds is 6. The van der Waals surface area contributed by atoms with Crippen molar-refractivity contribution >= 4 is 23.2 Å². The fraction of sp³-hybridized carbons (Fsp3) is 0.600. The van der Waals surface area contributed by atoms with Crippen molar-refractivity contribution < 1.29 is 14.7 Å². The van der Waals surface area contributed by atoms with Crippen molar-refractivity contribution in [2.45, 2.75) is 38.8 Å². The number of nitrogens with one attached hydrogen (secondary N) is 1. The molecule has 1 fully saturated rings. The second-order valence-electron chi connectivity index (χ2n) is 5.70. The maximum Gasteiger partial charge on any atom is 0.243 e. The van der Waals surface area contributed by atoms with Crippen molar-refractivity contribution in [3.8, 4) is 0 Å². The molecule has 21 heavy (non-hydrogen) atoms. The van der Waals surface area contributed by atoms with Crippen LogP contribution in [-0.2, 0) is 9.59 Å². The number of aliphatic hydroxyl groups excluding tert-OH is 1. The quantitative estimate of drug-likeness (QED) is 0.837. The molecule has 1 aliphatic rings. The molecule has 2 N–H and O–H groups in total. The zero-order valence-corrected chi connectivity index (χ0v) is 13.2. The van der Waals surface area contributed by atoms with Gasteiger partial charge in [-0.3, -0.25) is 9.59 Å². The van der Waals surface area contributed by atoms with Crippen LogP contribution in [0, 0.1) is 5.92 Å². The van der Waals surface area contributed by atoms with Gasteiger partial charge in [0.1, 0.15) is 6.04 Å². The van der Waals surface area contributed by atoms with Crippen LogP contribution in [-0.4, -0.2) is 41.0 Å². The number of amides is 2. The van der Waals surface area contributed by atoms with Crippen LogP contribution in [0.2, 0.25) is 0 Å². The first-order chi connectivity index (χ1) is 10.0. The second-order valence-corrected chi connectivity index (χ2v) is 6.48. The summed E-state index contributed by atoms with van der Waals surface area (Å²) in [5.74, 6) is -0.0953. The number of carbonyl (C=O) groups is 2. The van der Waals surface area contributed by atoms with Crippen molar-refractivity contribution in [1.29, 1.82) is 0 Å². The van der Waals surface area contributed by atoms with E-state index in [1.807, 2.05) is 30.7 Å². The minimum absolute atomic E-state index is 0.0437. The average molecular weight is 310 g/mol. The highest BCUT2D eigenvalue weighted by molar-refractivity contribution is 7.07. The van der Waals surface area contributed by atoms with Gasteiger partial charge < -0.3 is 15.3 Å². The number of likely N-dealkylation sites (tertiary alicyclic amines) is 1. The lowest BCUT2D eigenvalue weighted by Gasteiger charge is -2.30. The van der Waals surface area contributed by atoms with E-state index in [2.05, 4.69) is 5.32 Å². The Labute approximate surface area is 129 Å². The van der Waals surface area contributed by atoms with Crippen LogP contribution in [0.5, 0.6) is 0 Å². The monoisotopic (exact) mass is 310 g/mol.